The third-order valence-corrected chi connectivity index (χ3v) is 0. The molecule has 3 nitrogen and oxygen atoms in total. The van der Waals surface area contributed by atoms with E-state index in [-0.39, 0.29) is 23.2 Å². The molecule has 0 spiro atoms. The van der Waals surface area contributed by atoms with Gasteiger partial charge in [-0.1, -0.05) is 0 Å². The van der Waals surface area contributed by atoms with Gasteiger partial charge in [-0.05, 0) is 0 Å². The van der Waals surface area contributed by atoms with Crippen LogP contribution in [0.15, 0.2) is 0 Å². The van der Waals surface area contributed by atoms with Crippen molar-refractivity contribution in [2.75, 3.05) is 0 Å². The summed E-state index contributed by atoms with van der Waals surface area (Å²) in [5.74, 6) is -0.833. The van der Waals surface area contributed by atoms with Crippen molar-refractivity contribution >= 4 is 5.97 Å². The summed E-state index contributed by atoms with van der Waals surface area (Å²) < 4.78 is 0. The zero-order valence-electron chi connectivity index (χ0n) is 3.36. The summed E-state index contributed by atoms with van der Waals surface area (Å²) in [6.45, 7) is 1.08. The second-order valence-corrected chi connectivity index (χ2v) is 0.519. The molecule has 0 aliphatic rings. The van der Waals surface area contributed by atoms with Crippen LogP contribution >= 0.6 is 0 Å². The maximum absolute atomic E-state index is 9.00. The number of carboxylic acid groups (broad SMARTS) is 1. The average Bonchev–Trinajstić information content (AvgIpc) is 0.811. The standard InChI is InChI=1S/C2H4O2.Cu.H3N/c1-2(3)4;;/h1H3,(H,3,4);;1H3. The van der Waals surface area contributed by atoms with Crippen molar-refractivity contribution in [3.05, 3.63) is 0 Å². The Labute approximate surface area is 46.8 Å². The zero-order valence-corrected chi connectivity index (χ0v) is 4.31. The van der Waals surface area contributed by atoms with E-state index in [2.05, 4.69) is 0 Å². The molecule has 0 aromatic carbocycles. The fourth-order valence-electron chi connectivity index (χ4n) is 0. The Hall–Kier alpha value is -0.0505. The summed E-state index contributed by atoms with van der Waals surface area (Å²) >= 11 is 0. The summed E-state index contributed by atoms with van der Waals surface area (Å²) in [5.41, 5.74) is 0. The van der Waals surface area contributed by atoms with Crippen molar-refractivity contribution in [3.63, 3.8) is 0 Å². The van der Waals surface area contributed by atoms with Crippen molar-refractivity contribution in [1.29, 1.82) is 0 Å². The first-order valence-corrected chi connectivity index (χ1v) is 0.928. The fourth-order valence-corrected chi connectivity index (χ4v) is 0. The van der Waals surface area contributed by atoms with E-state index in [1.54, 1.807) is 0 Å². The molecule has 0 aromatic heterocycles. The van der Waals surface area contributed by atoms with Gasteiger partial charge in [-0.15, -0.1) is 0 Å². The van der Waals surface area contributed by atoms with Crippen molar-refractivity contribution < 1.29 is 27.0 Å². The van der Waals surface area contributed by atoms with Crippen molar-refractivity contribution in [2.45, 2.75) is 6.92 Å². The van der Waals surface area contributed by atoms with Gasteiger partial charge in [0.25, 0.3) is 5.97 Å². The molecular formula is C2H7CuNO2. The smallest absolute Gasteiger partial charge is 0.300 e. The summed E-state index contributed by atoms with van der Waals surface area (Å²) in [4.78, 5) is 9.00. The minimum Gasteiger partial charge on any atom is -0.481 e. The number of aliphatic carboxylic acids is 1. The van der Waals surface area contributed by atoms with Gasteiger partial charge >= 0.3 is 0 Å². The van der Waals surface area contributed by atoms with Gasteiger partial charge < -0.3 is 11.3 Å². The van der Waals surface area contributed by atoms with Gasteiger partial charge in [0, 0.05) is 24.0 Å². The third-order valence-electron chi connectivity index (χ3n) is 0. The fraction of sp³-hybridized carbons (Fsp3) is 0.500. The molecule has 6 heavy (non-hydrogen) atoms. The minimum atomic E-state index is -0.833. The van der Waals surface area contributed by atoms with E-state index >= 15 is 0 Å². The summed E-state index contributed by atoms with van der Waals surface area (Å²) in [7, 11) is 0. The monoisotopic (exact) mass is 140 g/mol. The molecule has 0 amide bonds. The zero-order chi connectivity index (χ0) is 3.58. The molecule has 1 radical (unpaired) electrons. The molecule has 4 N–H and O–H groups in total. The molecule has 0 aliphatic heterocycles. The Morgan fingerprint density at radius 3 is 1.67 bits per heavy atom. The van der Waals surface area contributed by atoms with Crippen LogP contribution in [-0.4, -0.2) is 11.1 Å². The van der Waals surface area contributed by atoms with Crippen molar-refractivity contribution in [2.24, 2.45) is 0 Å². The van der Waals surface area contributed by atoms with Gasteiger partial charge in [0.15, 0.2) is 0 Å². The molecule has 0 heterocycles. The van der Waals surface area contributed by atoms with Crippen LogP contribution in [0.25, 0.3) is 0 Å². The molecule has 0 atom stereocenters. The third kappa shape index (κ3) is 13500. The van der Waals surface area contributed by atoms with E-state index in [1.165, 1.54) is 0 Å². The normalized spacial score (nSPS) is 4.17. The summed E-state index contributed by atoms with van der Waals surface area (Å²) in [6.07, 6.45) is 0. The van der Waals surface area contributed by atoms with Gasteiger partial charge in [0.1, 0.15) is 0 Å². The van der Waals surface area contributed by atoms with Crippen LogP contribution in [0, 0.1) is 0 Å². The second kappa shape index (κ2) is 8.87. The summed E-state index contributed by atoms with van der Waals surface area (Å²) in [5, 5.41) is 7.42. The molecule has 0 aromatic rings. The number of rotatable bonds is 0. The first-order chi connectivity index (χ1) is 1.73. The van der Waals surface area contributed by atoms with E-state index in [0.717, 1.165) is 6.92 Å². The molecule has 0 saturated carbocycles. The van der Waals surface area contributed by atoms with E-state index < -0.39 is 5.97 Å². The molecule has 0 aliphatic carbocycles. The first kappa shape index (κ1) is 16.8. The van der Waals surface area contributed by atoms with Crippen LogP contribution in [0.3, 0.4) is 0 Å². The van der Waals surface area contributed by atoms with Gasteiger partial charge in [0.2, 0.25) is 0 Å². The molecule has 0 unspecified atom stereocenters. The second-order valence-electron chi connectivity index (χ2n) is 0.519. The van der Waals surface area contributed by atoms with E-state index in [9.17, 15) is 0 Å². The molecule has 0 saturated heterocycles. The van der Waals surface area contributed by atoms with Crippen LogP contribution in [0.4, 0.5) is 0 Å². The quantitative estimate of drug-likeness (QED) is 0.474. The van der Waals surface area contributed by atoms with E-state index in [0.29, 0.717) is 0 Å². The first-order valence-electron chi connectivity index (χ1n) is 0.928. The Kier molecular flexibility index (Phi) is 24.8. The number of hydrogen-bond donors (Lipinski definition) is 2. The maximum Gasteiger partial charge on any atom is 0.300 e. The molecule has 0 rings (SSSR count). The predicted octanol–water partition coefficient (Wildman–Crippen LogP) is 0.250. The predicted molar refractivity (Wildman–Crippen MR) is 18.3 cm³/mol. The largest absolute Gasteiger partial charge is 0.481 e. The molecule has 0 fully saturated rings. The number of hydrogen-bond acceptors (Lipinski definition) is 2. The SMILES string of the molecule is CC(=O)O.N.[Cu]. The minimum absolute atomic E-state index is 0. The Morgan fingerprint density at radius 1 is 1.67 bits per heavy atom. The Bertz CT molecular complexity index is 34.5. The van der Waals surface area contributed by atoms with Crippen LogP contribution in [0.2, 0.25) is 0 Å². The van der Waals surface area contributed by atoms with E-state index in [4.69, 9.17) is 9.90 Å². The van der Waals surface area contributed by atoms with Gasteiger partial charge in [-0.25, -0.2) is 0 Å². The topological polar surface area (TPSA) is 72.3 Å². The van der Waals surface area contributed by atoms with Crippen molar-refractivity contribution in [3.8, 4) is 0 Å². The molecule has 0 bridgehead atoms. The van der Waals surface area contributed by atoms with Crippen LogP contribution in [0.5, 0.6) is 0 Å². The number of carbonyl (C=O) groups is 1. The van der Waals surface area contributed by atoms with Gasteiger partial charge in [0.05, 0.1) is 0 Å². The van der Waals surface area contributed by atoms with Crippen LogP contribution < -0.4 is 6.15 Å². The molecule has 43 valence electrons. The molecular weight excluding hydrogens is 134 g/mol. The average molecular weight is 141 g/mol. The van der Waals surface area contributed by atoms with E-state index in [1.807, 2.05) is 0 Å². The Morgan fingerprint density at radius 2 is 1.67 bits per heavy atom. The Balaban J connectivity index is -0.0000000450. The van der Waals surface area contributed by atoms with Gasteiger partial charge in [-0.3, -0.25) is 4.79 Å². The van der Waals surface area contributed by atoms with Crippen LogP contribution in [-0.2, 0) is 21.9 Å². The van der Waals surface area contributed by atoms with Crippen LogP contribution in [0.1, 0.15) is 6.92 Å². The van der Waals surface area contributed by atoms with Crippen molar-refractivity contribution in [1.82, 2.24) is 6.15 Å². The number of carboxylic acids is 1. The molecule has 4 heteroatoms. The summed E-state index contributed by atoms with van der Waals surface area (Å²) in [6, 6.07) is 0. The van der Waals surface area contributed by atoms with Gasteiger partial charge in [-0.2, -0.15) is 0 Å². The maximum atomic E-state index is 9.00.